The molecule has 0 fully saturated rings. The number of hydrogen-bond acceptors (Lipinski definition) is 4. The predicted molar refractivity (Wildman–Crippen MR) is 169 cm³/mol. The third-order valence-electron chi connectivity index (χ3n) is 5.85. The molecule has 6 nitrogen and oxygen atoms in total. The van der Waals surface area contributed by atoms with Crippen LogP contribution in [0.4, 0.5) is 11.4 Å². The molecule has 0 atom stereocenters. The van der Waals surface area contributed by atoms with Gasteiger partial charge in [-0.25, -0.2) is 25.4 Å². The van der Waals surface area contributed by atoms with E-state index in [1.165, 1.54) is 12.2 Å². The summed E-state index contributed by atoms with van der Waals surface area (Å²) in [6.07, 6.45) is 2.98. The molecule has 40 heavy (non-hydrogen) atoms. The summed E-state index contributed by atoms with van der Waals surface area (Å²) in [5.41, 5.74) is 2.68. The zero-order valence-corrected chi connectivity index (χ0v) is 26.5. The Bertz CT molecular complexity index is 1610. The van der Waals surface area contributed by atoms with Crippen LogP contribution in [-0.2, 0) is 20.0 Å². The SMILES string of the molecule is Cc1ccc(S(=O)(=O)N(/C(Br)=C/C=C(\Br)N(c2ccccc2)S(=O)(=O)c2ccc(C)cc2)c2ccccc2)cc1. The highest BCUT2D eigenvalue weighted by molar-refractivity contribution is 9.12. The van der Waals surface area contributed by atoms with Crippen LogP contribution in [0.2, 0.25) is 0 Å². The summed E-state index contributed by atoms with van der Waals surface area (Å²) in [4.78, 5) is 0.228. The minimum atomic E-state index is -4.02. The fourth-order valence-electron chi connectivity index (χ4n) is 3.78. The Morgan fingerprint density at radius 3 is 1.12 bits per heavy atom. The van der Waals surface area contributed by atoms with E-state index in [2.05, 4.69) is 31.9 Å². The fourth-order valence-corrected chi connectivity index (χ4v) is 8.36. The molecule has 4 aromatic rings. The number of rotatable bonds is 9. The molecule has 0 aromatic heterocycles. The van der Waals surface area contributed by atoms with E-state index in [0.29, 0.717) is 11.4 Å². The van der Waals surface area contributed by atoms with Crippen molar-refractivity contribution in [1.82, 2.24) is 0 Å². The number of nitrogens with zero attached hydrogens (tertiary/aromatic N) is 2. The lowest BCUT2D eigenvalue weighted by atomic mass is 10.2. The summed E-state index contributed by atoms with van der Waals surface area (Å²) in [6, 6.07) is 30.4. The second-order valence-electron chi connectivity index (χ2n) is 8.81. The van der Waals surface area contributed by atoms with E-state index in [4.69, 9.17) is 0 Å². The molecule has 0 saturated carbocycles. The van der Waals surface area contributed by atoms with Gasteiger partial charge in [0.2, 0.25) is 0 Å². The van der Waals surface area contributed by atoms with Crippen molar-refractivity contribution in [3.8, 4) is 0 Å². The molecule has 4 aromatic carbocycles. The molecule has 0 saturated heterocycles. The van der Waals surface area contributed by atoms with E-state index in [1.54, 1.807) is 109 Å². The minimum absolute atomic E-state index is 0.114. The highest BCUT2D eigenvalue weighted by atomic mass is 79.9. The molecule has 0 bridgehead atoms. The number of benzene rings is 4. The maximum absolute atomic E-state index is 13.8. The molecule has 206 valence electrons. The van der Waals surface area contributed by atoms with E-state index < -0.39 is 20.0 Å². The first kappa shape index (κ1) is 29.8. The van der Waals surface area contributed by atoms with Gasteiger partial charge in [-0.15, -0.1) is 0 Å². The number of halogens is 2. The van der Waals surface area contributed by atoms with Gasteiger partial charge >= 0.3 is 0 Å². The van der Waals surface area contributed by atoms with Crippen molar-refractivity contribution in [2.75, 3.05) is 8.61 Å². The normalized spacial score (nSPS) is 12.7. The summed E-state index contributed by atoms with van der Waals surface area (Å²) in [5.74, 6) is 0. The molecule has 0 aliphatic heterocycles. The van der Waals surface area contributed by atoms with Crippen LogP contribution < -0.4 is 8.61 Å². The van der Waals surface area contributed by atoms with E-state index in [-0.39, 0.29) is 19.0 Å². The lowest BCUT2D eigenvalue weighted by Crippen LogP contribution is -2.29. The molecule has 0 aliphatic carbocycles. The van der Waals surface area contributed by atoms with Crippen molar-refractivity contribution >= 4 is 63.3 Å². The highest BCUT2D eigenvalue weighted by Gasteiger charge is 2.29. The third kappa shape index (κ3) is 6.58. The zero-order chi connectivity index (χ0) is 28.9. The van der Waals surface area contributed by atoms with Gasteiger partial charge in [-0.2, -0.15) is 0 Å². The number of sulfonamides is 2. The predicted octanol–water partition coefficient (Wildman–Crippen LogP) is 7.87. The smallest absolute Gasteiger partial charge is 0.228 e. The standard InChI is InChI=1S/C30H26Br2N2O4S2/c1-23-13-17-27(18-14-23)39(35,36)33(25-9-5-3-6-10-25)29(31)21-22-30(32)34(26-11-7-4-8-12-26)40(37,38)28-19-15-24(2)16-20-28/h3-22H,1-2H3/b29-21+,30-22+. The summed E-state index contributed by atoms with van der Waals surface area (Å²) in [5, 5.41) is 0. The fraction of sp³-hybridized carbons (Fsp3) is 0.0667. The molecule has 0 amide bonds. The molecular weight excluding hydrogens is 676 g/mol. The number of allylic oxidation sites excluding steroid dienone is 2. The van der Waals surface area contributed by atoms with Crippen LogP contribution in [0.25, 0.3) is 0 Å². The molecular formula is C30H26Br2N2O4S2. The Labute approximate surface area is 252 Å². The molecule has 0 unspecified atom stereocenters. The average Bonchev–Trinajstić information content (AvgIpc) is 2.93. The van der Waals surface area contributed by atoms with Gasteiger partial charge in [-0.3, -0.25) is 0 Å². The van der Waals surface area contributed by atoms with Crippen molar-refractivity contribution in [1.29, 1.82) is 0 Å². The minimum Gasteiger partial charge on any atom is -0.228 e. The van der Waals surface area contributed by atoms with Gasteiger partial charge in [0.15, 0.2) is 0 Å². The van der Waals surface area contributed by atoms with Crippen molar-refractivity contribution in [3.63, 3.8) is 0 Å². The van der Waals surface area contributed by atoms with Crippen LogP contribution in [0, 0.1) is 13.8 Å². The second-order valence-corrected chi connectivity index (χ2v) is 14.0. The van der Waals surface area contributed by atoms with Gasteiger partial charge in [0, 0.05) is 0 Å². The van der Waals surface area contributed by atoms with Crippen molar-refractivity contribution in [2.45, 2.75) is 23.6 Å². The number of aryl methyl sites for hydroxylation is 2. The van der Waals surface area contributed by atoms with Crippen LogP contribution >= 0.6 is 31.9 Å². The van der Waals surface area contributed by atoms with E-state index in [0.717, 1.165) is 19.7 Å². The van der Waals surface area contributed by atoms with Crippen LogP contribution in [0.15, 0.2) is 140 Å². The Balaban J connectivity index is 1.81. The van der Waals surface area contributed by atoms with Crippen LogP contribution in [-0.4, -0.2) is 16.8 Å². The number of anilines is 2. The Morgan fingerprint density at radius 2 is 0.825 bits per heavy atom. The van der Waals surface area contributed by atoms with Gasteiger partial charge in [0.25, 0.3) is 20.0 Å². The Hall–Kier alpha value is -3.18. The Kier molecular flexibility index (Phi) is 9.35. The maximum atomic E-state index is 13.8. The lowest BCUT2D eigenvalue weighted by Gasteiger charge is -2.25. The van der Waals surface area contributed by atoms with Crippen molar-refractivity contribution < 1.29 is 16.8 Å². The third-order valence-corrected chi connectivity index (χ3v) is 11.1. The molecule has 0 radical (unpaired) electrons. The topological polar surface area (TPSA) is 74.8 Å². The quantitative estimate of drug-likeness (QED) is 0.132. The van der Waals surface area contributed by atoms with Crippen LogP contribution in [0.5, 0.6) is 0 Å². The first-order valence-electron chi connectivity index (χ1n) is 12.1. The summed E-state index contributed by atoms with van der Waals surface area (Å²) >= 11 is 6.88. The van der Waals surface area contributed by atoms with E-state index in [9.17, 15) is 16.8 Å². The van der Waals surface area contributed by atoms with Gasteiger partial charge in [0.05, 0.1) is 21.2 Å². The van der Waals surface area contributed by atoms with Crippen molar-refractivity contribution in [2.24, 2.45) is 0 Å². The van der Waals surface area contributed by atoms with Gasteiger partial charge < -0.3 is 0 Å². The first-order chi connectivity index (χ1) is 19.0. The molecule has 4 rings (SSSR count). The number of hydrogen-bond donors (Lipinski definition) is 0. The van der Waals surface area contributed by atoms with E-state index >= 15 is 0 Å². The first-order valence-corrected chi connectivity index (χ1v) is 16.6. The molecule has 0 heterocycles. The summed E-state index contributed by atoms with van der Waals surface area (Å²) in [6.45, 7) is 3.76. The van der Waals surface area contributed by atoms with Gasteiger partial charge in [0.1, 0.15) is 9.21 Å². The van der Waals surface area contributed by atoms with Crippen molar-refractivity contribution in [3.05, 3.63) is 142 Å². The molecule has 0 N–H and O–H groups in total. The monoisotopic (exact) mass is 700 g/mol. The zero-order valence-electron chi connectivity index (χ0n) is 21.6. The average molecular weight is 702 g/mol. The summed E-state index contributed by atoms with van der Waals surface area (Å²) in [7, 11) is -8.05. The second kappa shape index (κ2) is 12.6. The largest absolute Gasteiger partial charge is 0.269 e. The molecule has 0 spiro atoms. The number of para-hydroxylation sites is 2. The van der Waals surface area contributed by atoms with Gasteiger partial charge in [-0.1, -0.05) is 71.8 Å². The highest BCUT2D eigenvalue weighted by Crippen LogP contribution is 2.33. The van der Waals surface area contributed by atoms with E-state index in [1.807, 2.05) is 13.8 Å². The maximum Gasteiger partial charge on any atom is 0.269 e. The lowest BCUT2D eigenvalue weighted by molar-refractivity contribution is 0.593. The Morgan fingerprint density at radius 1 is 0.525 bits per heavy atom. The van der Waals surface area contributed by atoms with Crippen LogP contribution in [0.3, 0.4) is 0 Å². The molecule has 10 heteroatoms. The van der Waals surface area contributed by atoms with Crippen LogP contribution in [0.1, 0.15) is 11.1 Å². The molecule has 0 aliphatic rings. The summed E-state index contributed by atoms with van der Waals surface area (Å²) < 4.78 is 57.8. The van der Waals surface area contributed by atoms with Gasteiger partial charge in [-0.05, 0) is 106 Å².